The van der Waals surface area contributed by atoms with Crippen molar-refractivity contribution in [1.82, 2.24) is 4.90 Å². The van der Waals surface area contributed by atoms with E-state index in [-0.39, 0.29) is 23.3 Å². The second kappa shape index (κ2) is 8.44. The average Bonchev–Trinajstić information content (AvgIpc) is 2.60. The van der Waals surface area contributed by atoms with E-state index < -0.39 is 6.61 Å². The van der Waals surface area contributed by atoms with Gasteiger partial charge in [-0.1, -0.05) is 31.4 Å². The number of halogens is 2. The Bertz CT molecular complexity index is 629. The van der Waals surface area contributed by atoms with Gasteiger partial charge in [-0.2, -0.15) is 14.0 Å². The summed E-state index contributed by atoms with van der Waals surface area (Å²) in [5, 5.41) is 9.29. The van der Waals surface area contributed by atoms with Gasteiger partial charge in [0, 0.05) is 13.1 Å². The maximum atomic E-state index is 12.5. The van der Waals surface area contributed by atoms with Gasteiger partial charge >= 0.3 is 6.61 Å². The molecule has 0 spiro atoms. The number of rotatable bonds is 5. The number of hydrogen-bond acceptors (Lipinski definition) is 3. The normalized spacial score (nSPS) is 15.9. The van der Waals surface area contributed by atoms with Crippen LogP contribution in [0.3, 0.4) is 0 Å². The van der Waals surface area contributed by atoms with Gasteiger partial charge in [0.2, 0.25) is 0 Å². The first kappa shape index (κ1) is 17.9. The highest BCUT2D eigenvalue weighted by Crippen LogP contribution is 2.23. The Morgan fingerprint density at radius 2 is 1.92 bits per heavy atom. The van der Waals surface area contributed by atoms with Crippen LogP contribution < -0.4 is 4.74 Å². The molecule has 2 rings (SSSR count). The molecule has 4 nitrogen and oxygen atoms in total. The highest BCUT2D eigenvalue weighted by atomic mass is 19.3. The predicted octanol–water partition coefficient (Wildman–Crippen LogP) is 3.99. The van der Waals surface area contributed by atoms with Gasteiger partial charge in [-0.3, -0.25) is 4.79 Å². The lowest BCUT2D eigenvalue weighted by Crippen LogP contribution is -2.38. The molecule has 0 bridgehead atoms. The van der Waals surface area contributed by atoms with Gasteiger partial charge in [-0.25, -0.2) is 0 Å². The molecule has 0 radical (unpaired) electrons. The lowest BCUT2D eigenvalue weighted by atomic mass is 9.94. The molecule has 0 saturated heterocycles. The molecule has 0 aromatic heterocycles. The summed E-state index contributed by atoms with van der Waals surface area (Å²) < 4.78 is 28.5. The van der Waals surface area contributed by atoms with Gasteiger partial charge in [0.1, 0.15) is 17.4 Å². The molecule has 1 fully saturated rings. The standard InChI is InChI=1S/C18H20F2N2O2/c1-22(15-5-3-2-4-6-15)17(23)14(12-21)11-13-7-9-16(10-8-13)24-18(19)20/h7-11,15,18H,2-6H2,1H3/b14-11+. The summed E-state index contributed by atoms with van der Waals surface area (Å²) in [6, 6.07) is 7.92. The molecule has 0 aliphatic heterocycles. The number of alkyl halides is 2. The molecular formula is C18H20F2N2O2. The third-order valence-corrected chi connectivity index (χ3v) is 4.21. The van der Waals surface area contributed by atoms with E-state index in [0.29, 0.717) is 5.56 Å². The molecule has 0 heterocycles. The minimum atomic E-state index is -2.88. The SMILES string of the molecule is CN(C(=O)/C(C#N)=C/c1ccc(OC(F)F)cc1)C1CCCCC1. The van der Waals surface area contributed by atoms with Crippen LogP contribution in [0.2, 0.25) is 0 Å². The molecule has 1 saturated carbocycles. The molecule has 0 unspecified atom stereocenters. The van der Waals surface area contributed by atoms with E-state index >= 15 is 0 Å². The predicted molar refractivity (Wildman–Crippen MR) is 86.3 cm³/mol. The molecule has 24 heavy (non-hydrogen) atoms. The number of carbonyl (C=O) groups is 1. The molecule has 1 aromatic rings. The van der Waals surface area contributed by atoms with Gasteiger partial charge < -0.3 is 9.64 Å². The number of ether oxygens (including phenoxy) is 1. The molecule has 6 heteroatoms. The van der Waals surface area contributed by atoms with Gasteiger partial charge in [0.15, 0.2) is 0 Å². The number of nitriles is 1. The molecule has 0 atom stereocenters. The van der Waals surface area contributed by atoms with Crippen LogP contribution in [0.25, 0.3) is 6.08 Å². The fourth-order valence-electron chi connectivity index (χ4n) is 2.88. The van der Waals surface area contributed by atoms with Crippen LogP contribution in [0.15, 0.2) is 29.8 Å². The smallest absolute Gasteiger partial charge is 0.387 e. The van der Waals surface area contributed by atoms with Crippen LogP contribution in [-0.4, -0.2) is 30.5 Å². The largest absolute Gasteiger partial charge is 0.435 e. The fraction of sp³-hybridized carbons (Fsp3) is 0.444. The number of benzene rings is 1. The lowest BCUT2D eigenvalue weighted by Gasteiger charge is -2.31. The zero-order valence-electron chi connectivity index (χ0n) is 13.5. The molecule has 1 aliphatic rings. The number of carbonyl (C=O) groups excluding carboxylic acids is 1. The number of hydrogen-bond donors (Lipinski definition) is 0. The molecule has 1 aliphatic carbocycles. The van der Waals surface area contributed by atoms with E-state index in [4.69, 9.17) is 0 Å². The van der Waals surface area contributed by atoms with Gasteiger partial charge in [0.05, 0.1) is 0 Å². The zero-order chi connectivity index (χ0) is 17.5. The van der Waals surface area contributed by atoms with E-state index in [1.807, 2.05) is 6.07 Å². The maximum absolute atomic E-state index is 12.5. The fourth-order valence-corrected chi connectivity index (χ4v) is 2.88. The van der Waals surface area contributed by atoms with Crippen molar-refractivity contribution in [1.29, 1.82) is 5.26 Å². The number of likely N-dealkylation sites (N-methyl/N-ethyl adjacent to an activating group) is 1. The summed E-state index contributed by atoms with van der Waals surface area (Å²) >= 11 is 0. The Morgan fingerprint density at radius 1 is 1.29 bits per heavy atom. The summed E-state index contributed by atoms with van der Waals surface area (Å²) in [4.78, 5) is 14.1. The third kappa shape index (κ3) is 4.79. The van der Waals surface area contributed by atoms with Crippen molar-refractivity contribution < 1.29 is 18.3 Å². The van der Waals surface area contributed by atoms with Crippen LogP contribution in [0.5, 0.6) is 5.75 Å². The second-order valence-electron chi connectivity index (χ2n) is 5.83. The summed E-state index contributed by atoms with van der Waals surface area (Å²) in [7, 11) is 1.73. The third-order valence-electron chi connectivity index (χ3n) is 4.21. The Labute approximate surface area is 140 Å². The first-order valence-corrected chi connectivity index (χ1v) is 7.95. The molecule has 128 valence electrons. The van der Waals surface area contributed by atoms with Crippen LogP contribution in [0.1, 0.15) is 37.7 Å². The number of amides is 1. The van der Waals surface area contributed by atoms with E-state index in [2.05, 4.69) is 4.74 Å². The van der Waals surface area contributed by atoms with E-state index in [0.717, 1.165) is 25.7 Å². The highest BCUT2D eigenvalue weighted by molar-refractivity contribution is 6.01. The first-order chi connectivity index (χ1) is 11.5. The van der Waals surface area contributed by atoms with Crippen molar-refractivity contribution >= 4 is 12.0 Å². The van der Waals surface area contributed by atoms with E-state index in [1.54, 1.807) is 11.9 Å². The van der Waals surface area contributed by atoms with Crippen molar-refractivity contribution in [3.8, 4) is 11.8 Å². The zero-order valence-corrected chi connectivity index (χ0v) is 13.5. The van der Waals surface area contributed by atoms with Crippen molar-refractivity contribution in [3.63, 3.8) is 0 Å². The average molecular weight is 334 g/mol. The van der Waals surface area contributed by atoms with Crippen molar-refractivity contribution in [2.45, 2.75) is 44.8 Å². The molecule has 1 amide bonds. The monoisotopic (exact) mass is 334 g/mol. The molecular weight excluding hydrogens is 314 g/mol. The van der Waals surface area contributed by atoms with Crippen LogP contribution in [-0.2, 0) is 4.79 Å². The van der Waals surface area contributed by atoms with Crippen molar-refractivity contribution in [2.24, 2.45) is 0 Å². The van der Waals surface area contributed by atoms with Crippen LogP contribution in [0, 0.1) is 11.3 Å². The maximum Gasteiger partial charge on any atom is 0.387 e. The molecule has 1 aromatic carbocycles. The van der Waals surface area contributed by atoms with Crippen LogP contribution >= 0.6 is 0 Å². The van der Waals surface area contributed by atoms with E-state index in [9.17, 15) is 18.8 Å². The van der Waals surface area contributed by atoms with E-state index in [1.165, 1.54) is 36.8 Å². The van der Waals surface area contributed by atoms with Gasteiger partial charge in [-0.05, 0) is 36.6 Å². The van der Waals surface area contributed by atoms with Crippen molar-refractivity contribution in [2.75, 3.05) is 7.05 Å². The number of nitrogens with zero attached hydrogens (tertiary/aromatic N) is 2. The highest BCUT2D eigenvalue weighted by Gasteiger charge is 2.24. The second-order valence-corrected chi connectivity index (χ2v) is 5.83. The minimum absolute atomic E-state index is 0.0330. The van der Waals surface area contributed by atoms with Crippen LogP contribution in [0.4, 0.5) is 8.78 Å². The first-order valence-electron chi connectivity index (χ1n) is 7.95. The Morgan fingerprint density at radius 3 is 2.46 bits per heavy atom. The minimum Gasteiger partial charge on any atom is -0.435 e. The van der Waals surface area contributed by atoms with Gasteiger partial charge in [0.25, 0.3) is 5.91 Å². The Kier molecular flexibility index (Phi) is 6.30. The Balaban J connectivity index is 2.10. The Hall–Kier alpha value is -2.42. The summed E-state index contributed by atoms with van der Waals surface area (Å²) in [6.07, 6.45) is 6.76. The topological polar surface area (TPSA) is 53.3 Å². The summed E-state index contributed by atoms with van der Waals surface area (Å²) in [6.45, 7) is -2.88. The van der Waals surface area contributed by atoms with Crippen molar-refractivity contribution in [3.05, 3.63) is 35.4 Å². The summed E-state index contributed by atoms with van der Waals surface area (Å²) in [5.74, 6) is -0.274. The lowest BCUT2D eigenvalue weighted by molar-refractivity contribution is -0.127. The summed E-state index contributed by atoms with van der Waals surface area (Å²) in [5.41, 5.74) is 0.615. The quantitative estimate of drug-likeness (QED) is 0.604. The molecule has 0 N–H and O–H groups in total. The van der Waals surface area contributed by atoms with Gasteiger partial charge in [-0.15, -0.1) is 0 Å².